The van der Waals surface area contributed by atoms with E-state index in [9.17, 15) is 0 Å². The van der Waals surface area contributed by atoms with E-state index >= 15 is 0 Å². The lowest BCUT2D eigenvalue weighted by molar-refractivity contribution is 0.587. The summed E-state index contributed by atoms with van der Waals surface area (Å²) < 4.78 is 1.89. The van der Waals surface area contributed by atoms with Gasteiger partial charge in [-0.1, -0.05) is 0 Å². The number of rotatable bonds is 4. The second-order valence-electron chi connectivity index (χ2n) is 6.41. The fraction of sp³-hybridized carbons (Fsp3) is 0.438. The van der Waals surface area contributed by atoms with Crippen LogP contribution in [-0.2, 0) is 0 Å². The molecule has 0 aromatic carbocycles. The van der Waals surface area contributed by atoms with Gasteiger partial charge < -0.3 is 10.6 Å². The summed E-state index contributed by atoms with van der Waals surface area (Å²) in [4.78, 5) is 4.76. The maximum atomic E-state index is 4.76. The molecule has 5 rings (SSSR count). The van der Waals surface area contributed by atoms with Gasteiger partial charge in [-0.3, -0.25) is 5.10 Å². The predicted octanol–water partition coefficient (Wildman–Crippen LogP) is 2.50. The Bertz CT molecular complexity index is 839. The molecular weight excluding hydrogens is 290 g/mol. The molecule has 0 spiro atoms. The zero-order chi connectivity index (χ0) is 15.2. The molecule has 0 amide bonds. The Morgan fingerprint density at radius 1 is 1.26 bits per heavy atom. The topological polar surface area (TPSA) is 82.9 Å². The molecule has 7 heteroatoms. The molecule has 118 valence electrons. The van der Waals surface area contributed by atoms with Gasteiger partial charge in [0.15, 0.2) is 17.5 Å². The second kappa shape index (κ2) is 5.06. The second-order valence-corrected chi connectivity index (χ2v) is 6.41. The van der Waals surface area contributed by atoms with E-state index < -0.39 is 0 Å². The Labute approximate surface area is 133 Å². The first-order chi connectivity index (χ1) is 11.4. The zero-order valence-electron chi connectivity index (χ0n) is 12.8. The maximum Gasteiger partial charge on any atom is 0.168 e. The molecule has 7 nitrogen and oxygen atoms in total. The molecule has 0 unspecified atom stereocenters. The van der Waals surface area contributed by atoms with Crippen molar-refractivity contribution in [3.63, 3.8) is 0 Å². The lowest BCUT2D eigenvalue weighted by atomic mass is 10.2. The van der Waals surface area contributed by atoms with Crippen LogP contribution in [-0.4, -0.2) is 31.3 Å². The van der Waals surface area contributed by atoms with E-state index in [0.29, 0.717) is 5.92 Å². The van der Waals surface area contributed by atoms with E-state index in [1.165, 1.54) is 25.0 Å². The highest BCUT2D eigenvalue weighted by Gasteiger charge is 2.26. The van der Waals surface area contributed by atoms with Crippen LogP contribution in [0.15, 0.2) is 24.4 Å². The van der Waals surface area contributed by atoms with Crippen LogP contribution in [0.3, 0.4) is 0 Å². The maximum absolute atomic E-state index is 4.76. The van der Waals surface area contributed by atoms with Crippen molar-refractivity contribution in [2.24, 2.45) is 0 Å². The minimum Gasteiger partial charge on any atom is -0.322 e. The largest absolute Gasteiger partial charge is 0.322 e. The molecule has 1 aliphatic carbocycles. The summed E-state index contributed by atoms with van der Waals surface area (Å²) in [5.74, 6) is 3.13. The lowest BCUT2D eigenvalue weighted by Crippen LogP contribution is -2.18. The molecule has 4 heterocycles. The Morgan fingerprint density at radius 2 is 2.22 bits per heavy atom. The first-order valence-corrected chi connectivity index (χ1v) is 8.28. The molecule has 1 atom stereocenters. The summed E-state index contributed by atoms with van der Waals surface area (Å²) in [5.41, 5.74) is 2.17. The smallest absolute Gasteiger partial charge is 0.168 e. The molecule has 1 aliphatic heterocycles. The van der Waals surface area contributed by atoms with Crippen molar-refractivity contribution in [2.45, 2.75) is 37.6 Å². The summed E-state index contributed by atoms with van der Waals surface area (Å²) in [6, 6.07) is 6.33. The van der Waals surface area contributed by atoms with Crippen molar-refractivity contribution in [3.8, 4) is 0 Å². The van der Waals surface area contributed by atoms with Crippen molar-refractivity contribution in [2.75, 3.05) is 11.9 Å². The van der Waals surface area contributed by atoms with Crippen molar-refractivity contribution in [1.82, 2.24) is 30.1 Å². The standard InChI is InChI=1S/C16H19N7/c1-3-11(17-7-1)15-19-16(13-4-2-8-23(13)22-15)18-14-9-12(20-21-14)10-5-6-10/h2,4,8-11,17H,1,3,5-7H2,(H2,18,19,20,21,22)/t11-/m1/s1. The van der Waals surface area contributed by atoms with Crippen molar-refractivity contribution < 1.29 is 0 Å². The van der Waals surface area contributed by atoms with E-state index in [0.717, 1.165) is 35.9 Å². The highest BCUT2D eigenvalue weighted by Crippen LogP contribution is 2.39. The highest BCUT2D eigenvalue weighted by molar-refractivity contribution is 5.72. The van der Waals surface area contributed by atoms with Gasteiger partial charge in [-0.2, -0.15) is 10.2 Å². The van der Waals surface area contributed by atoms with Crippen LogP contribution < -0.4 is 10.6 Å². The molecule has 3 aromatic rings. The minimum absolute atomic E-state index is 0.239. The van der Waals surface area contributed by atoms with E-state index in [1.54, 1.807) is 0 Å². The molecule has 23 heavy (non-hydrogen) atoms. The van der Waals surface area contributed by atoms with Gasteiger partial charge in [0.05, 0.1) is 6.04 Å². The number of H-pyrrole nitrogens is 1. The number of hydrogen-bond acceptors (Lipinski definition) is 5. The monoisotopic (exact) mass is 309 g/mol. The van der Waals surface area contributed by atoms with E-state index in [-0.39, 0.29) is 6.04 Å². The van der Waals surface area contributed by atoms with Gasteiger partial charge in [-0.05, 0) is 44.4 Å². The third-order valence-electron chi connectivity index (χ3n) is 4.64. The summed E-state index contributed by atoms with van der Waals surface area (Å²) in [5, 5.41) is 19.0. The molecule has 1 saturated heterocycles. The third kappa shape index (κ3) is 2.37. The third-order valence-corrected chi connectivity index (χ3v) is 4.64. The van der Waals surface area contributed by atoms with E-state index in [4.69, 9.17) is 4.98 Å². The van der Waals surface area contributed by atoms with Gasteiger partial charge in [-0.25, -0.2) is 9.50 Å². The van der Waals surface area contributed by atoms with Gasteiger partial charge in [0.2, 0.25) is 0 Å². The van der Waals surface area contributed by atoms with Gasteiger partial charge in [0.1, 0.15) is 5.52 Å². The first kappa shape index (κ1) is 13.1. The van der Waals surface area contributed by atoms with Crippen LogP contribution in [0, 0.1) is 0 Å². The zero-order valence-corrected chi connectivity index (χ0v) is 12.8. The number of aromatic nitrogens is 5. The Morgan fingerprint density at radius 3 is 3.04 bits per heavy atom. The van der Waals surface area contributed by atoms with Gasteiger partial charge in [-0.15, -0.1) is 0 Å². The first-order valence-electron chi connectivity index (χ1n) is 8.28. The highest BCUT2D eigenvalue weighted by atomic mass is 15.3. The number of hydrogen-bond donors (Lipinski definition) is 3. The lowest BCUT2D eigenvalue weighted by Gasteiger charge is -2.12. The van der Waals surface area contributed by atoms with Crippen LogP contribution >= 0.6 is 0 Å². The minimum atomic E-state index is 0.239. The number of anilines is 2. The molecule has 2 fully saturated rings. The predicted molar refractivity (Wildman–Crippen MR) is 86.8 cm³/mol. The number of nitrogens with one attached hydrogen (secondary N) is 3. The summed E-state index contributed by atoms with van der Waals surface area (Å²) in [6.45, 7) is 1.03. The van der Waals surface area contributed by atoms with Crippen LogP contribution in [0.2, 0.25) is 0 Å². The average molecular weight is 309 g/mol. The SMILES string of the molecule is c1cc2c(Nc3cc(C4CC4)[nH]n3)nc([C@H]3CCCN3)nn2c1. The van der Waals surface area contributed by atoms with Crippen LogP contribution in [0.25, 0.3) is 5.52 Å². The van der Waals surface area contributed by atoms with Crippen molar-refractivity contribution in [3.05, 3.63) is 35.9 Å². The Kier molecular flexibility index (Phi) is 2.87. The van der Waals surface area contributed by atoms with Crippen LogP contribution in [0.4, 0.5) is 11.6 Å². The Hall–Kier alpha value is -2.41. The Balaban J connectivity index is 1.51. The van der Waals surface area contributed by atoms with Gasteiger partial charge in [0, 0.05) is 23.9 Å². The van der Waals surface area contributed by atoms with E-state index in [1.807, 2.05) is 22.8 Å². The molecule has 3 N–H and O–H groups in total. The summed E-state index contributed by atoms with van der Waals surface area (Å²) >= 11 is 0. The molecule has 0 bridgehead atoms. The summed E-state index contributed by atoms with van der Waals surface area (Å²) in [7, 11) is 0. The fourth-order valence-electron chi connectivity index (χ4n) is 3.22. The molecular formula is C16H19N7. The van der Waals surface area contributed by atoms with Crippen LogP contribution in [0.5, 0.6) is 0 Å². The number of aromatic amines is 1. The molecule has 0 radical (unpaired) electrons. The molecule has 2 aliphatic rings. The number of nitrogens with zero attached hydrogens (tertiary/aromatic N) is 4. The van der Waals surface area contributed by atoms with Gasteiger partial charge in [0.25, 0.3) is 0 Å². The normalized spacial score (nSPS) is 21.1. The van der Waals surface area contributed by atoms with Crippen molar-refractivity contribution >= 4 is 17.2 Å². The number of fused-ring (bicyclic) bond motifs is 1. The quantitative estimate of drug-likeness (QED) is 0.690. The molecule has 1 saturated carbocycles. The van der Waals surface area contributed by atoms with Crippen molar-refractivity contribution in [1.29, 1.82) is 0 Å². The fourth-order valence-corrected chi connectivity index (χ4v) is 3.22. The van der Waals surface area contributed by atoms with Crippen LogP contribution in [0.1, 0.15) is 49.2 Å². The van der Waals surface area contributed by atoms with E-state index in [2.05, 4.69) is 32.0 Å². The molecule has 3 aromatic heterocycles. The average Bonchev–Trinajstić information content (AvgIpc) is 3.01. The summed E-state index contributed by atoms with van der Waals surface area (Å²) in [6.07, 6.45) is 6.73. The van der Waals surface area contributed by atoms with Gasteiger partial charge >= 0.3 is 0 Å².